The molecule has 0 N–H and O–H groups in total. The molecule has 1 heterocycles. The molecule has 152 valence electrons. The number of nitrogens with zero attached hydrogens (tertiary/aromatic N) is 2. The summed E-state index contributed by atoms with van der Waals surface area (Å²) in [5.41, 5.74) is 4.09. The van der Waals surface area contributed by atoms with Crippen molar-refractivity contribution in [3.8, 4) is 17.6 Å². The van der Waals surface area contributed by atoms with Crippen LogP contribution >= 0.6 is 0 Å². The zero-order chi connectivity index (χ0) is 21.3. The number of rotatable bonds is 4. The number of hydrogen-bond acceptors (Lipinski definition) is 5. The molecule has 0 saturated carbocycles. The number of aliphatic imine (C=N–C) groups is 1. The van der Waals surface area contributed by atoms with Gasteiger partial charge in [-0.05, 0) is 30.9 Å². The third kappa shape index (κ3) is 3.29. The van der Waals surface area contributed by atoms with Gasteiger partial charge in [0, 0.05) is 34.9 Å². The SMILES string of the molecule is COc1cccc([C@H]2C3=C(C[C@@H](c4ccccc4)CC3=O)N=C(C)C2C#N)c1OC. The van der Waals surface area contributed by atoms with Gasteiger partial charge >= 0.3 is 0 Å². The van der Waals surface area contributed by atoms with E-state index in [1.807, 2.05) is 43.3 Å². The normalized spacial score (nSPS) is 23.3. The minimum Gasteiger partial charge on any atom is -0.493 e. The molecule has 5 nitrogen and oxygen atoms in total. The number of methoxy groups -OCH3 is 2. The second kappa shape index (κ2) is 8.16. The molecule has 0 saturated heterocycles. The van der Waals surface area contributed by atoms with Gasteiger partial charge in [-0.3, -0.25) is 9.79 Å². The Kier molecular flexibility index (Phi) is 5.41. The van der Waals surface area contributed by atoms with Crippen molar-refractivity contribution in [1.82, 2.24) is 0 Å². The number of carbonyl (C=O) groups excluding carboxylic acids is 1. The standard InChI is InChI=1S/C25H24N2O3/c1-15-19(14-26)23(18-10-7-11-22(29-2)25(18)30-3)24-20(27-15)12-17(13-21(24)28)16-8-5-4-6-9-16/h4-11,17,19,23H,12-13H2,1-3H3/t17-,19?,23-/m1/s1. The van der Waals surface area contributed by atoms with Crippen molar-refractivity contribution in [2.75, 3.05) is 14.2 Å². The lowest BCUT2D eigenvalue weighted by molar-refractivity contribution is -0.116. The Balaban J connectivity index is 1.85. The van der Waals surface area contributed by atoms with E-state index in [2.05, 4.69) is 18.2 Å². The summed E-state index contributed by atoms with van der Waals surface area (Å²) in [5, 5.41) is 9.95. The zero-order valence-electron chi connectivity index (χ0n) is 17.4. The highest BCUT2D eigenvalue weighted by molar-refractivity contribution is 6.03. The Bertz CT molecular complexity index is 1080. The maximum atomic E-state index is 13.4. The molecule has 3 atom stereocenters. The number of para-hydroxylation sites is 1. The number of carbonyl (C=O) groups is 1. The number of benzene rings is 2. The Morgan fingerprint density at radius 3 is 2.47 bits per heavy atom. The molecular formula is C25H24N2O3. The third-order valence-corrected chi connectivity index (χ3v) is 6.07. The first kappa shape index (κ1) is 19.9. The monoisotopic (exact) mass is 400 g/mol. The van der Waals surface area contributed by atoms with Crippen molar-refractivity contribution in [2.45, 2.75) is 31.6 Å². The topological polar surface area (TPSA) is 71.7 Å². The van der Waals surface area contributed by atoms with Gasteiger partial charge in [0.05, 0.1) is 26.2 Å². The van der Waals surface area contributed by atoms with Crippen LogP contribution in [-0.2, 0) is 4.79 Å². The Labute approximate surface area is 176 Å². The zero-order valence-corrected chi connectivity index (χ0v) is 17.4. The fourth-order valence-corrected chi connectivity index (χ4v) is 4.68. The molecule has 5 heteroatoms. The van der Waals surface area contributed by atoms with Crippen LogP contribution in [-0.4, -0.2) is 25.7 Å². The molecule has 0 bridgehead atoms. The van der Waals surface area contributed by atoms with E-state index in [0.29, 0.717) is 29.9 Å². The molecule has 0 amide bonds. The van der Waals surface area contributed by atoms with Crippen LogP contribution in [0.5, 0.6) is 11.5 Å². The lowest BCUT2D eigenvalue weighted by Crippen LogP contribution is -2.32. The quantitative estimate of drug-likeness (QED) is 0.739. The van der Waals surface area contributed by atoms with Gasteiger partial charge in [-0.15, -0.1) is 0 Å². The molecule has 2 aromatic rings. The van der Waals surface area contributed by atoms with Gasteiger partial charge in [0.25, 0.3) is 0 Å². The summed E-state index contributed by atoms with van der Waals surface area (Å²) in [5.74, 6) is 0.347. The largest absolute Gasteiger partial charge is 0.493 e. The van der Waals surface area contributed by atoms with E-state index in [4.69, 9.17) is 14.5 Å². The van der Waals surface area contributed by atoms with Crippen LogP contribution < -0.4 is 9.47 Å². The molecule has 2 aromatic carbocycles. The second-order valence-electron chi connectivity index (χ2n) is 7.72. The predicted molar refractivity (Wildman–Crippen MR) is 115 cm³/mol. The fourth-order valence-electron chi connectivity index (χ4n) is 4.68. The summed E-state index contributed by atoms with van der Waals surface area (Å²) < 4.78 is 11.1. The summed E-state index contributed by atoms with van der Waals surface area (Å²) >= 11 is 0. The van der Waals surface area contributed by atoms with Gasteiger partial charge in [-0.25, -0.2) is 0 Å². The molecule has 1 aliphatic carbocycles. The van der Waals surface area contributed by atoms with Crippen LogP contribution in [0.2, 0.25) is 0 Å². The number of ether oxygens (including phenoxy) is 2. The molecule has 1 unspecified atom stereocenters. The van der Waals surface area contributed by atoms with E-state index in [1.165, 1.54) is 0 Å². The summed E-state index contributed by atoms with van der Waals surface area (Å²) in [6.07, 6.45) is 1.10. The summed E-state index contributed by atoms with van der Waals surface area (Å²) in [6, 6.07) is 18.1. The maximum Gasteiger partial charge on any atom is 0.164 e. The smallest absolute Gasteiger partial charge is 0.164 e. The number of Topliss-reactive ketones (excluding diaryl/α,β-unsaturated/α-hetero) is 1. The van der Waals surface area contributed by atoms with E-state index in [-0.39, 0.29) is 11.7 Å². The van der Waals surface area contributed by atoms with E-state index < -0.39 is 11.8 Å². The van der Waals surface area contributed by atoms with E-state index in [1.54, 1.807) is 14.2 Å². The molecule has 0 radical (unpaired) electrons. The molecule has 4 rings (SSSR count). The first-order chi connectivity index (χ1) is 14.6. The van der Waals surface area contributed by atoms with Gasteiger partial charge in [-0.1, -0.05) is 42.5 Å². The van der Waals surface area contributed by atoms with Gasteiger partial charge in [0.15, 0.2) is 17.3 Å². The summed E-state index contributed by atoms with van der Waals surface area (Å²) in [6.45, 7) is 1.87. The van der Waals surface area contributed by atoms with Crippen molar-refractivity contribution < 1.29 is 14.3 Å². The molecule has 2 aliphatic rings. The molecule has 30 heavy (non-hydrogen) atoms. The Morgan fingerprint density at radius 2 is 1.80 bits per heavy atom. The van der Waals surface area contributed by atoms with Crippen LogP contribution in [0.4, 0.5) is 0 Å². The fraction of sp³-hybridized carbons (Fsp3) is 0.320. The Morgan fingerprint density at radius 1 is 1.03 bits per heavy atom. The number of nitriles is 1. The van der Waals surface area contributed by atoms with Crippen molar-refractivity contribution in [1.29, 1.82) is 5.26 Å². The number of ketones is 1. The minimum absolute atomic E-state index is 0.0523. The molecule has 0 aromatic heterocycles. The van der Waals surface area contributed by atoms with Crippen molar-refractivity contribution >= 4 is 11.5 Å². The first-order valence-corrected chi connectivity index (χ1v) is 10.1. The highest BCUT2D eigenvalue weighted by Gasteiger charge is 2.42. The maximum absolute atomic E-state index is 13.4. The van der Waals surface area contributed by atoms with Gasteiger partial charge in [0.1, 0.15) is 0 Å². The molecular weight excluding hydrogens is 376 g/mol. The second-order valence-corrected chi connectivity index (χ2v) is 7.72. The van der Waals surface area contributed by atoms with Crippen LogP contribution in [0.3, 0.4) is 0 Å². The lowest BCUT2D eigenvalue weighted by atomic mass is 9.69. The van der Waals surface area contributed by atoms with E-state index in [9.17, 15) is 10.1 Å². The van der Waals surface area contributed by atoms with Crippen molar-refractivity contribution in [3.05, 3.63) is 70.9 Å². The Hall–Kier alpha value is -3.39. The van der Waals surface area contributed by atoms with E-state index in [0.717, 1.165) is 22.5 Å². The number of hydrogen-bond donors (Lipinski definition) is 0. The third-order valence-electron chi connectivity index (χ3n) is 6.07. The summed E-state index contributed by atoms with van der Waals surface area (Å²) in [7, 11) is 3.16. The van der Waals surface area contributed by atoms with Crippen molar-refractivity contribution in [3.63, 3.8) is 0 Å². The van der Waals surface area contributed by atoms with Gasteiger partial charge < -0.3 is 9.47 Å². The number of allylic oxidation sites excluding steroid dienone is 2. The van der Waals surface area contributed by atoms with Crippen LogP contribution in [0.25, 0.3) is 0 Å². The van der Waals surface area contributed by atoms with Crippen LogP contribution in [0, 0.1) is 17.2 Å². The highest BCUT2D eigenvalue weighted by atomic mass is 16.5. The minimum atomic E-state index is -0.526. The molecule has 1 aliphatic heterocycles. The average Bonchev–Trinajstić information content (AvgIpc) is 2.77. The van der Waals surface area contributed by atoms with E-state index >= 15 is 0 Å². The molecule has 0 spiro atoms. The first-order valence-electron chi connectivity index (χ1n) is 10.1. The lowest BCUT2D eigenvalue weighted by Gasteiger charge is -2.35. The highest BCUT2D eigenvalue weighted by Crippen LogP contribution is 2.49. The van der Waals surface area contributed by atoms with Crippen molar-refractivity contribution in [2.24, 2.45) is 10.9 Å². The van der Waals surface area contributed by atoms with Gasteiger partial charge in [-0.2, -0.15) is 5.26 Å². The molecule has 0 fully saturated rings. The predicted octanol–water partition coefficient (Wildman–Crippen LogP) is 4.80. The average molecular weight is 400 g/mol. The van der Waals surface area contributed by atoms with Crippen LogP contribution in [0.15, 0.2) is 64.8 Å². The van der Waals surface area contributed by atoms with Crippen LogP contribution in [0.1, 0.15) is 42.7 Å². The summed E-state index contributed by atoms with van der Waals surface area (Å²) in [4.78, 5) is 18.1. The van der Waals surface area contributed by atoms with Gasteiger partial charge in [0.2, 0.25) is 0 Å².